The van der Waals surface area contributed by atoms with Crippen LogP contribution in [-0.2, 0) is 6.18 Å². The molecule has 0 bridgehead atoms. The lowest BCUT2D eigenvalue weighted by molar-refractivity contribution is -0.140. The smallest absolute Gasteiger partial charge is 0.336 e. The van der Waals surface area contributed by atoms with Gasteiger partial charge in [0.25, 0.3) is 5.91 Å². The monoisotopic (exact) mass is 305 g/mol. The highest BCUT2D eigenvalue weighted by molar-refractivity contribution is 5.95. The van der Waals surface area contributed by atoms with Gasteiger partial charge in [-0.2, -0.15) is 13.2 Å². The van der Waals surface area contributed by atoms with E-state index in [1.165, 1.54) is 4.90 Å². The molecule has 118 valence electrons. The molecule has 0 saturated heterocycles. The minimum atomic E-state index is -4.82. The van der Waals surface area contributed by atoms with Crippen LogP contribution >= 0.6 is 0 Å². The second kappa shape index (κ2) is 6.45. The zero-order valence-corrected chi connectivity index (χ0v) is 12.5. The topological polar surface area (TPSA) is 20.3 Å². The van der Waals surface area contributed by atoms with Gasteiger partial charge in [0.2, 0.25) is 0 Å². The van der Waals surface area contributed by atoms with Crippen LogP contribution in [0.25, 0.3) is 0 Å². The molecule has 1 aromatic rings. The number of nitrogens with zero attached hydrogens (tertiary/aromatic N) is 1. The van der Waals surface area contributed by atoms with Gasteiger partial charge in [-0.15, -0.1) is 0 Å². The van der Waals surface area contributed by atoms with Gasteiger partial charge in [0.15, 0.2) is 0 Å². The molecule has 0 aliphatic rings. The Morgan fingerprint density at radius 2 is 1.76 bits per heavy atom. The second-order valence-corrected chi connectivity index (χ2v) is 5.61. The van der Waals surface area contributed by atoms with Crippen LogP contribution in [0.5, 0.6) is 0 Å². The van der Waals surface area contributed by atoms with Crippen LogP contribution in [0.4, 0.5) is 17.6 Å². The lowest BCUT2D eigenvalue weighted by atomic mass is 10.1. The lowest BCUT2D eigenvalue weighted by Gasteiger charge is -2.29. The van der Waals surface area contributed by atoms with E-state index < -0.39 is 29.0 Å². The zero-order valence-electron chi connectivity index (χ0n) is 12.5. The lowest BCUT2D eigenvalue weighted by Crippen LogP contribution is -2.40. The van der Waals surface area contributed by atoms with Crippen molar-refractivity contribution in [2.24, 2.45) is 5.92 Å². The Hall–Kier alpha value is -1.59. The summed E-state index contributed by atoms with van der Waals surface area (Å²) in [6.07, 6.45) is -4.82. The summed E-state index contributed by atoms with van der Waals surface area (Å²) in [7, 11) is 0. The number of amides is 1. The van der Waals surface area contributed by atoms with Crippen molar-refractivity contribution in [1.82, 2.24) is 4.90 Å². The van der Waals surface area contributed by atoms with Crippen LogP contribution in [0.15, 0.2) is 18.2 Å². The van der Waals surface area contributed by atoms with E-state index in [2.05, 4.69) is 0 Å². The summed E-state index contributed by atoms with van der Waals surface area (Å²) < 4.78 is 52.1. The molecule has 0 N–H and O–H groups in total. The molecule has 0 atom stereocenters. The van der Waals surface area contributed by atoms with Crippen molar-refractivity contribution in [3.8, 4) is 0 Å². The highest BCUT2D eigenvalue weighted by atomic mass is 19.4. The molecule has 0 spiro atoms. The maximum Gasteiger partial charge on any atom is 0.419 e. The third-order valence-corrected chi connectivity index (χ3v) is 2.98. The molecule has 0 aliphatic carbocycles. The molecule has 1 amide bonds. The zero-order chi connectivity index (χ0) is 16.4. The first-order valence-corrected chi connectivity index (χ1v) is 6.72. The largest absolute Gasteiger partial charge is 0.419 e. The van der Waals surface area contributed by atoms with E-state index in [4.69, 9.17) is 0 Å². The van der Waals surface area contributed by atoms with Crippen molar-refractivity contribution in [3.05, 3.63) is 35.1 Å². The molecule has 0 aromatic heterocycles. The van der Waals surface area contributed by atoms with Crippen LogP contribution < -0.4 is 0 Å². The quantitative estimate of drug-likeness (QED) is 0.757. The third kappa shape index (κ3) is 4.19. The maximum absolute atomic E-state index is 14.0. The molecule has 21 heavy (non-hydrogen) atoms. The number of carbonyl (C=O) groups is 1. The van der Waals surface area contributed by atoms with Gasteiger partial charge in [-0.25, -0.2) is 4.39 Å². The molecule has 0 saturated carbocycles. The molecule has 0 fully saturated rings. The maximum atomic E-state index is 14.0. The Labute approximate surface area is 121 Å². The van der Waals surface area contributed by atoms with Crippen LogP contribution in [0.3, 0.4) is 0 Å². The normalized spacial score (nSPS) is 12.1. The van der Waals surface area contributed by atoms with Crippen molar-refractivity contribution < 1.29 is 22.4 Å². The van der Waals surface area contributed by atoms with Crippen molar-refractivity contribution >= 4 is 5.91 Å². The average Bonchev–Trinajstić information content (AvgIpc) is 2.33. The van der Waals surface area contributed by atoms with Gasteiger partial charge >= 0.3 is 6.18 Å². The standard InChI is InChI=1S/C15H19F4NO/c1-9(2)8-20(10(3)4)14(21)11-6-5-7-12(13(11)16)15(17,18)19/h5-7,9-10H,8H2,1-4H3. The Balaban J connectivity index is 3.23. The molecule has 1 rings (SSSR count). The molecule has 0 heterocycles. The van der Waals surface area contributed by atoms with Crippen molar-refractivity contribution in [2.75, 3.05) is 6.54 Å². The van der Waals surface area contributed by atoms with Gasteiger partial charge in [0.1, 0.15) is 5.82 Å². The molecule has 1 aromatic carbocycles. The molecule has 0 unspecified atom stereocenters. The summed E-state index contributed by atoms with van der Waals surface area (Å²) in [5, 5.41) is 0. The molecule has 2 nitrogen and oxygen atoms in total. The first kappa shape index (κ1) is 17.5. The summed E-state index contributed by atoms with van der Waals surface area (Å²) >= 11 is 0. The van der Waals surface area contributed by atoms with Gasteiger partial charge in [-0.3, -0.25) is 4.79 Å². The van der Waals surface area contributed by atoms with Crippen LogP contribution in [0.2, 0.25) is 0 Å². The molecule has 0 radical (unpaired) electrons. The molecular formula is C15H19F4NO. The van der Waals surface area contributed by atoms with Crippen LogP contribution in [-0.4, -0.2) is 23.4 Å². The predicted octanol–water partition coefficient (Wildman–Crippen LogP) is 4.35. The summed E-state index contributed by atoms with van der Waals surface area (Å²) in [5.74, 6) is -2.10. The van der Waals surface area contributed by atoms with Gasteiger partial charge in [0.05, 0.1) is 11.1 Å². The molecule has 0 aliphatic heterocycles. The van der Waals surface area contributed by atoms with E-state index in [0.717, 1.165) is 12.1 Å². The van der Waals surface area contributed by atoms with E-state index in [0.29, 0.717) is 12.6 Å². The minimum absolute atomic E-state index is 0.130. The number of halogens is 4. The summed E-state index contributed by atoms with van der Waals surface area (Å²) in [5.41, 5.74) is -1.96. The second-order valence-electron chi connectivity index (χ2n) is 5.61. The van der Waals surface area contributed by atoms with E-state index >= 15 is 0 Å². The van der Waals surface area contributed by atoms with E-state index in [1.54, 1.807) is 13.8 Å². The van der Waals surface area contributed by atoms with Gasteiger partial charge in [-0.05, 0) is 31.9 Å². The number of hydrogen-bond acceptors (Lipinski definition) is 1. The van der Waals surface area contributed by atoms with Crippen molar-refractivity contribution in [1.29, 1.82) is 0 Å². The van der Waals surface area contributed by atoms with Crippen molar-refractivity contribution in [3.63, 3.8) is 0 Å². The average molecular weight is 305 g/mol. The fraction of sp³-hybridized carbons (Fsp3) is 0.533. The predicted molar refractivity (Wildman–Crippen MR) is 72.4 cm³/mol. The van der Waals surface area contributed by atoms with Gasteiger partial charge in [0, 0.05) is 12.6 Å². The number of alkyl halides is 3. The SMILES string of the molecule is CC(C)CN(C(=O)c1cccc(C(F)(F)F)c1F)C(C)C. The number of hydrogen-bond donors (Lipinski definition) is 0. The van der Waals surface area contributed by atoms with Crippen LogP contribution in [0, 0.1) is 11.7 Å². The first-order chi connectivity index (χ1) is 9.55. The Morgan fingerprint density at radius 1 is 1.19 bits per heavy atom. The highest BCUT2D eigenvalue weighted by Crippen LogP contribution is 2.32. The number of carbonyl (C=O) groups excluding carboxylic acids is 1. The first-order valence-electron chi connectivity index (χ1n) is 6.72. The number of benzene rings is 1. The summed E-state index contributed by atoms with van der Waals surface area (Å²) in [6.45, 7) is 7.60. The Kier molecular flexibility index (Phi) is 5.36. The van der Waals surface area contributed by atoms with E-state index in [1.807, 2.05) is 13.8 Å². The fourth-order valence-electron chi connectivity index (χ4n) is 1.99. The van der Waals surface area contributed by atoms with Crippen molar-refractivity contribution in [2.45, 2.75) is 39.9 Å². The summed E-state index contributed by atoms with van der Waals surface area (Å²) in [4.78, 5) is 13.7. The van der Waals surface area contributed by atoms with Crippen LogP contribution in [0.1, 0.15) is 43.6 Å². The summed E-state index contributed by atoms with van der Waals surface area (Å²) in [6, 6.07) is 2.54. The van der Waals surface area contributed by atoms with E-state index in [9.17, 15) is 22.4 Å². The Bertz CT molecular complexity index is 509. The molecular weight excluding hydrogens is 286 g/mol. The minimum Gasteiger partial charge on any atom is -0.336 e. The number of rotatable bonds is 4. The van der Waals surface area contributed by atoms with E-state index in [-0.39, 0.29) is 12.0 Å². The van der Waals surface area contributed by atoms with Gasteiger partial charge in [-0.1, -0.05) is 19.9 Å². The van der Waals surface area contributed by atoms with Gasteiger partial charge < -0.3 is 4.90 Å². The third-order valence-electron chi connectivity index (χ3n) is 2.98. The fourth-order valence-corrected chi connectivity index (χ4v) is 1.99. The molecule has 6 heteroatoms. The Morgan fingerprint density at radius 3 is 2.19 bits per heavy atom. The highest BCUT2D eigenvalue weighted by Gasteiger charge is 2.36.